The van der Waals surface area contributed by atoms with E-state index in [-0.39, 0.29) is 23.8 Å². The molecule has 2 fully saturated rings. The van der Waals surface area contributed by atoms with Gasteiger partial charge in [-0.15, -0.1) is 0 Å². The summed E-state index contributed by atoms with van der Waals surface area (Å²) in [5, 5.41) is 11.5. The lowest BCUT2D eigenvalue weighted by molar-refractivity contribution is -0.180. The molecule has 2 atom stereocenters. The highest BCUT2D eigenvalue weighted by atomic mass is 32.2. The number of nitrogens with one attached hydrogen (secondary N) is 3. The summed E-state index contributed by atoms with van der Waals surface area (Å²) in [6, 6.07) is 7.52. The molecule has 1 aromatic carbocycles. The smallest absolute Gasteiger partial charge is 0.245 e. The minimum Gasteiger partial charge on any atom is -0.324 e. The number of carbonyl (C=O) groups excluding carboxylic acids is 2. The summed E-state index contributed by atoms with van der Waals surface area (Å²) in [6.07, 6.45) is 3.67. The zero-order valence-electron chi connectivity index (χ0n) is 16.9. The fourth-order valence-electron chi connectivity index (χ4n) is 3.20. The van der Waals surface area contributed by atoms with Crippen molar-refractivity contribution in [1.82, 2.24) is 15.4 Å². The fourth-order valence-corrected chi connectivity index (χ4v) is 5.13. The van der Waals surface area contributed by atoms with Crippen molar-refractivity contribution < 1.29 is 14.4 Å². The minimum atomic E-state index is -0.406. The van der Waals surface area contributed by atoms with Crippen LogP contribution in [0.4, 0.5) is 10.8 Å². The molecule has 30 heavy (non-hydrogen) atoms. The quantitative estimate of drug-likeness (QED) is 0.601. The number of rotatable bonds is 7. The second kappa shape index (κ2) is 9.44. The first-order valence-electron chi connectivity index (χ1n) is 9.92. The van der Waals surface area contributed by atoms with Crippen molar-refractivity contribution in [3.63, 3.8) is 0 Å². The van der Waals surface area contributed by atoms with E-state index in [1.54, 1.807) is 18.4 Å². The van der Waals surface area contributed by atoms with Crippen LogP contribution in [0.5, 0.6) is 0 Å². The standard InChI is InChI=1S/C20H25N5O3S2/c1-12-11-25(28-2)15(9-21-12)19(27)23-14-5-3-4-6-16(14)29-17-10-22-20(30-17)24-18(26)13-7-8-13/h3-6,10,12-13,15,21H,7-9,11H2,1-2H3,(H,23,27)(H,22,24,26). The number of para-hydroxylation sites is 1. The number of hydroxylamine groups is 2. The van der Waals surface area contributed by atoms with E-state index in [4.69, 9.17) is 4.84 Å². The number of hydrogen-bond donors (Lipinski definition) is 3. The first-order valence-corrected chi connectivity index (χ1v) is 11.6. The van der Waals surface area contributed by atoms with Crippen LogP contribution in [0.3, 0.4) is 0 Å². The van der Waals surface area contributed by atoms with Crippen molar-refractivity contribution in [3.8, 4) is 0 Å². The van der Waals surface area contributed by atoms with Crippen LogP contribution in [-0.2, 0) is 14.4 Å². The maximum absolute atomic E-state index is 12.9. The van der Waals surface area contributed by atoms with E-state index in [2.05, 4.69) is 27.9 Å². The van der Waals surface area contributed by atoms with E-state index < -0.39 is 6.04 Å². The molecule has 0 spiro atoms. The van der Waals surface area contributed by atoms with Crippen molar-refractivity contribution >= 4 is 45.7 Å². The Bertz CT molecular complexity index is 917. The molecular formula is C20H25N5O3S2. The molecule has 0 radical (unpaired) electrons. The number of anilines is 2. The molecule has 1 saturated carbocycles. The monoisotopic (exact) mass is 447 g/mol. The van der Waals surface area contributed by atoms with E-state index in [0.29, 0.717) is 18.2 Å². The molecule has 1 aliphatic heterocycles. The van der Waals surface area contributed by atoms with E-state index in [0.717, 1.165) is 27.6 Å². The summed E-state index contributed by atoms with van der Waals surface area (Å²) < 4.78 is 0.939. The Morgan fingerprint density at radius 2 is 2.07 bits per heavy atom. The number of nitrogens with zero attached hydrogens (tertiary/aromatic N) is 2. The van der Waals surface area contributed by atoms with Gasteiger partial charge in [0.2, 0.25) is 11.8 Å². The number of piperazine rings is 1. The van der Waals surface area contributed by atoms with Crippen LogP contribution in [0.1, 0.15) is 19.8 Å². The van der Waals surface area contributed by atoms with Crippen LogP contribution in [0, 0.1) is 5.92 Å². The van der Waals surface area contributed by atoms with Gasteiger partial charge in [-0.05, 0) is 31.9 Å². The summed E-state index contributed by atoms with van der Waals surface area (Å²) >= 11 is 2.94. The molecular weight excluding hydrogens is 422 g/mol. The Labute approximate surface area is 183 Å². The third-order valence-corrected chi connectivity index (χ3v) is 7.11. The largest absolute Gasteiger partial charge is 0.324 e. The average molecular weight is 448 g/mol. The molecule has 1 saturated heterocycles. The van der Waals surface area contributed by atoms with Gasteiger partial charge in [0.25, 0.3) is 0 Å². The highest BCUT2D eigenvalue weighted by Crippen LogP contribution is 2.38. The molecule has 2 amide bonds. The number of aromatic nitrogens is 1. The fraction of sp³-hybridized carbons (Fsp3) is 0.450. The van der Waals surface area contributed by atoms with Gasteiger partial charge in [0.15, 0.2) is 5.13 Å². The van der Waals surface area contributed by atoms with E-state index in [1.165, 1.54) is 23.1 Å². The van der Waals surface area contributed by atoms with Crippen LogP contribution in [-0.4, -0.2) is 54.1 Å². The zero-order chi connectivity index (χ0) is 21.1. The molecule has 2 aliphatic rings. The first kappa shape index (κ1) is 21.3. The van der Waals surface area contributed by atoms with Gasteiger partial charge in [-0.3, -0.25) is 9.59 Å². The highest BCUT2D eigenvalue weighted by molar-refractivity contribution is 8.01. The maximum atomic E-state index is 12.9. The van der Waals surface area contributed by atoms with Gasteiger partial charge < -0.3 is 20.8 Å². The Morgan fingerprint density at radius 3 is 2.83 bits per heavy atom. The van der Waals surface area contributed by atoms with Gasteiger partial charge in [-0.1, -0.05) is 35.2 Å². The second-order valence-electron chi connectivity index (χ2n) is 7.44. The molecule has 10 heteroatoms. The Morgan fingerprint density at radius 1 is 1.27 bits per heavy atom. The topological polar surface area (TPSA) is 95.6 Å². The first-order chi connectivity index (χ1) is 14.5. The Hall–Kier alpha value is -1.98. The highest BCUT2D eigenvalue weighted by Gasteiger charge is 2.32. The normalized spacial score (nSPS) is 21.9. The zero-order valence-corrected chi connectivity index (χ0v) is 18.5. The summed E-state index contributed by atoms with van der Waals surface area (Å²) in [5.41, 5.74) is 0.735. The molecule has 2 heterocycles. The number of benzene rings is 1. The lowest BCUT2D eigenvalue weighted by atomic mass is 10.1. The Balaban J connectivity index is 1.42. The number of carbonyl (C=O) groups is 2. The van der Waals surface area contributed by atoms with Crippen molar-refractivity contribution in [3.05, 3.63) is 30.5 Å². The predicted molar refractivity (Wildman–Crippen MR) is 118 cm³/mol. The van der Waals surface area contributed by atoms with Gasteiger partial charge in [0, 0.05) is 29.9 Å². The molecule has 2 aromatic rings. The van der Waals surface area contributed by atoms with E-state index >= 15 is 0 Å². The maximum Gasteiger partial charge on any atom is 0.245 e. The lowest BCUT2D eigenvalue weighted by Crippen LogP contribution is -2.59. The third kappa shape index (κ3) is 5.19. The van der Waals surface area contributed by atoms with Crippen LogP contribution >= 0.6 is 23.1 Å². The number of thiazole rings is 1. The van der Waals surface area contributed by atoms with Crippen molar-refractivity contribution in [1.29, 1.82) is 0 Å². The third-order valence-electron chi connectivity index (χ3n) is 5.02. The van der Waals surface area contributed by atoms with Crippen molar-refractivity contribution in [2.75, 3.05) is 30.8 Å². The summed E-state index contributed by atoms with van der Waals surface area (Å²) in [4.78, 5) is 35.4. The molecule has 4 rings (SSSR count). The summed E-state index contributed by atoms with van der Waals surface area (Å²) in [7, 11) is 1.59. The van der Waals surface area contributed by atoms with Crippen LogP contribution in [0.15, 0.2) is 39.6 Å². The predicted octanol–water partition coefficient (Wildman–Crippen LogP) is 2.81. The van der Waals surface area contributed by atoms with Gasteiger partial charge in [-0.25, -0.2) is 4.98 Å². The Kier molecular flexibility index (Phi) is 6.69. The van der Waals surface area contributed by atoms with Crippen LogP contribution in [0.25, 0.3) is 0 Å². The summed E-state index contributed by atoms with van der Waals surface area (Å²) in [5.74, 6) is 0.0718. The van der Waals surface area contributed by atoms with Crippen LogP contribution < -0.4 is 16.0 Å². The molecule has 0 bridgehead atoms. The number of hydrogen-bond acceptors (Lipinski definition) is 8. The van der Waals surface area contributed by atoms with E-state index in [1.807, 2.05) is 24.3 Å². The van der Waals surface area contributed by atoms with Gasteiger partial charge in [0.1, 0.15) is 6.04 Å². The summed E-state index contributed by atoms with van der Waals surface area (Å²) in [6.45, 7) is 3.22. The molecule has 3 N–H and O–H groups in total. The van der Waals surface area contributed by atoms with Gasteiger partial charge in [-0.2, -0.15) is 5.06 Å². The average Bonchev–Trinajstić information content (AvgIpc) is 3.50. The minimum absolute atomic E-state index is 0.0478. The van der Waals surface area contributed by atoms with Crippen LogP contribution in [0.2, 0.25) is 0 Å². The van der Waals surface area contributed by atoms with Gasteiger partial charge >= 0.3 is 0 Å². The number of amides is 2. The lowest BCUT2D eigenvalue weighted by Gasteiger charge is -2.36. The van der Waals surface area contributed by atoms with Gasteiger partial charge in [0.05, 0.1) is 23.2 Å². The van der Waals surface area contributed by atoms with E-state index in [9.17, 15) is 9.59 Å². The molecule has 2 unspecified atom stereocenters. The molecule has 1 aliphatic carbocycles. The molecule has 160 valence electrons. The SMILES string of the molecule is CON1CC(C)NCC1C(=O)Nc1ccccc1Sc1cnc(NC(=O)C2CC2)s1. The van der Waals surface area contributed by atoms with Crippen molar-refractivity contribution in [2.24, 2.45) is 5.92 Å². The van der Waals surface area contributed by atoms with Crippen molar-refractivity contribution in [2.45, 2.75) is 41.0 Å². The molecule has 8 nitrogen and oxygen atoms in total. The molecule has 1 aromatic heterocycles. The second-order valence-corrected chi connectivity index (χ2v) is 9.82.